The van der Waals surface area contributed by atoms with Crippen LogP contribution < -0.4 is 4.90 Å². The molecule has 4 nitrogen and oxygen atoms in total. The van der Waals surface area contributed by atoms with Crippen LogP contribution in [0.2, 0.25) is 19.6 Å². The Morgan fingerprint density at radius 2 is 1.68 bits per heavy atom. The van der Waals surface area contributed by atoms with Crippen LogP contribution in [0.3, 0.4) is 0 Å². The van der Waals surface area contributed by atoms with Crippen molar-refractivity contribution in [2.24, 2.45) is 0 Å². The fraction of sp³-hybridized carbons (Fsp3) is 0.588. The first kappa shape index (κ1) is 18.7. The van der Waals surface area contributed by atoms with Crippen molar-refractivity contribution in [1.29, 1.82) is 0 Å². The maximum Gasteiger partial charge on any atom is 0.293 e. The molecule has 0 amide bonds. The molecule has 1 N–H and O–H groups in total. The number of ether oxygens (including phenoxy) is 1. The molecule has 1 aromatic carbocycles. The number of hydrogen-bond donors (Lipinski definition) is 1. The summed E-state index contributed by atoms with van der Waals surface area (Å²) in [4.78, 5) is 11.8. The molecular weight excluding hydrogens is 294 g/mol. The van der Waals surface area contributed by atoms with Gasteiger partial charge in [-0.05, 0) is 32.9 Å². The normalized spacial score (nSPS) is 17.0. The summed E-state index contributed by atoms with van der Waals surface area (Å²) in [5.74, 6) is 0. The summed E-state index contributed by atoms with van der Waals surface area (Å²) in [6, 6.07) is 10.3. The first-order valence-corrected chi connectivity index (χ1v) is 11.1. The van der Waals surface area contributed by atoms with Gasteiger partial charge in [-0.2, -0.15) is 0 Å². The number of β-amino-alcohol motifs (C(OH)–C–C–N with tert-alkyl or cyclic N) is 1. The molecule has 1 aliphatic rings. The Bertz CT molecular complexity index is 471. The third-order valence-corrected chi connectivity index (χ3v) is 6.93. The first-order valence-electron chi connectivity index (χ1n) is 7.62. The standard InChI is InChI=1S/C12H19NOSi.C5H10O2/c1-15(2,3)12(14)9-13(10-12)11-7-5-4-6-8-11;1-5(2,3)7-4-6/h4-8,14H,9-10H2,1-3H3;4H,1-3H3. The zero-order valence-corrected chi connectivity index (χ0v) is 15.6. The Hall–Kier alpha value is -1.33. The highest BCUT2D eigenvalue weighted by atomic mass is 28.3. The Morgan fingerprint density at radius 1 is 1.18 bits per heavy atom. The monoisotopic (exact) mass is 323 g/mol. The van der Waals surface area contributed by atoms with E-state index < -0.39 is 13.3 Å². The Balaban J connectivity index is 0.000000295. The van der Waals surface area contributed by atoms with Crippen LogP contribution in [0.4, 0.5) is 5.69 Å². The van der Waals surface area contributed by atoms with Gasteiger partial charge in [-0.1, -0.05) is 37.8 Å². The van der Waals surface area contributed by atoms with E-state index in [2.05, 4.69) is 41.4 Å². The van der Waals surface area contributed by atoms with Crippen LogP contribution in [-0.2, 0) is 9.53 Å². The number of carbonyl (C=O) groups excluding carboxylic acids is 1. The Morgan fingerprint density at radius 3 is 2.00 bits per heavy atom. The molecule has 1 saturated heterocycles. The van der Waals surface area contributed by atoms with Crippen LogP contribution in [0.5, 0.6) is 0 Å². The lowest BCUT2D eigenvalue weighted by atomic mass is 10.1. The van der Waals surface area contributed by atoms with Gasteiger partial charge in [0.15, 0.2) is 0 Å². The highest BCUT2D eigenvalue weighted by Gasteiger charge is 2.50. The molecule has 5 heteroatoms. The van der Waals surface area contributed by atoms with Gasteiger partial charge in [0.1, 0.15) is 5.60 Å². The van der Waals surface area contributed by atoms with Gasteiger partial charge in [-0.3, -0.25) is 4.79 Å². The number of carbonyl (C=O) groups is 1. The minimum Gasteiger partial charge on any atom is -0.462 e. The molecule has 1 fully saturated rings. The average Bonchev–Trinajstić information content (AvgIpc) is 2.34. The lowest BCUT2D eigenvalue weighted by molar-refractivity contribution is -0.138. The SMILES string of the molecule is CC(C)(C)OC=O.C[Si](C)(C)C1(O)CN(c2ccccc2)C1. The van der Waals surface area contributed by atoms with Crippen molar-refractivity contribution in [3.8, 4) is 0 Å². The summed E-state index contributed by atoms with van der Waals surface area (Å²) in [5, 5.41) is 10.00. The minimum atomic E-state index is -1.46. The summed E-state index contributed by atoms with van der Waals surface area (Å²) in [6.45, 7) is 14.2. The zero-order valence-electron chi connectivity index (χ0n) is 14.6. The highest BCUT2D eigenvalue weighted by molar-refractivity contribution is 6.79. The van der Waals surface area contributed by atoms with Gasteiger partial charge in [0.2, 0.25) is 0 Å². The van der Waals surface area contributed by atoms with Crippen LogP contribution >= 0.6 is 0 Å². The van der Waals surface area contributed by atoms with Crippen LogP contribution in [0.1, 0.15) is 20.8 Å². The third-order valence-electron chi connectivity index (χ3n) is 3.82. The molecule has 1 heterocycles. The molecular formula is C17H29NO3Si. The lowest BCUT2D eigenvalue weighted by Crippen LogP contribution is -2.72. The van der Waals surface area contributed by atoms with Crippen molar-refractivity contribution in [3.63, 3.8) is 0 Å². The predicted octanol–water partition coefficient (Wildman–Crippen LogP) is 3.07. The number of rotatable bonds is 3. The molecule has 124 valence electrons. The van der Waals surface area contributed by atoms with E-state index in [9.17, 15) is 9.90 Å². The molecule has 0 spiro atoms. The van der Waals surface area contributed by atoms with E-state index in [1.54, 1.807) is 0 Å². The molecule has 0 atom stereocenters. The van der Waals surface area contributed by atoms with Crippen molar-refractivity contribution in [2.45, 2.75) is 51.2 Å². The van der Waals surface area contributed by atoms with Gasteiger partial charge in [0, 0.05) is 18.8 Å². The number of benzene rings is 1. The van der Waals surface area contributed by atoms with Gasteiger partial charge in [0.25, 0.3) is 6.47 Å². The smallest absolute Gasteiger partial charge is 0.293 e. The average molecular weight is 324 g/mol. The van der Waals surface area contributed by atoms with Gasteiger partial charge < -0.3 is 14.7 Å². The number of aliphatic hydroxyl groups is 1. The van der Waals surface area contributed by atoms with E-state index in [0.29, 0.717) is 6.47 Å². The maximum absolute atomic E-state index is 10.4. The van der Waals surface area contributed by atoms with E-state index in [1.807, 2.05) is 39.0 Å². The minimum absolute atomic E-state index is 0.318. The van der Waals surface area contributed by atoms with E-state index in [4.69, 9.17) is 0 Å². The number of nitrogens with zero attached hydrogens (tertiary/aromatic N) is 1. The fourth-order valence-electron chi connectivity index (χ4n) is 2.03. The van der Waals surface area contributed by atoms with E-state index in [-0.39, 0.29) is 5.60 Å². The number of anilines is 1. The molecule has 1 aromatic rings. The van der Waals surface area contributed by atoms with Crippen molar-refractivity contribution >= 4 is 20.2 Å². The van der Waals surface area contributed by atoms with Gasteiger partial charge in [0.05, 0.1) is 13.3 Å². The number of hydrogen-bond acceptors (Lipinski definition) is 4. The second-order valence-electron chi connectivity index (χ2n) is 7.80. The second kappa shape index (κ2) is 6.83. The molecule has 22 heavy (non-hydrogen) atoms. The molecule has 1 aliphatic heterocycles. The Kier molecular flexibility index (Phi) is 5.81. The van der Waals surface area contributed by atoms with Crippen LogP contribution in [0.25, 0.3) is 0 Å². The molecule has 0 bridgehead atoms. The van der Waals surface area contributed by atoms with Gasteiger partial charge in [-0.15, -0.1) is 0 Å². The van der Waals surface area contributed by atoms with Gasteiger partial charge >= 0.3 is 0 Å². The Labute approximate surface area is 135 Å². The second-order valence-corrected chi connectivity index (χ2v) is 13.2. The van der Waals surface area contributed by atoms with E-state index in [1.165, 1.54) is 5.69 Å². The van der Waals surface area contributed by atoms with Crippen molar-refractivity contribution < 1.29 is 14.6 Å². The van der Waals surface area contributed by atoms with Crippen molar-refractivity contribution in [3.05, 3.63) is 30.3 Å². The van der Waals surface area contributed by atoms with Crippen molar-refractivity contribution in [1.82, 2.24) is 0 Å². The van der Waals surface area contributed by atoms with Crippen LogP contribution in [0.15, 0.2) is 30.3 Å². The molecule has 0 radical (unpaired) electrons. The predicted molar refractivity (Wildman–Crippen MR) is 93.9 cm³/mol. The number of para-hydroxylation sites is 1. The highest BCUT2D eigenvalue weighted by Crippen LogP contribution is 2.34. The third kappa shape index (κ3) is 5.14. The maximum atomic E-state index is 10.4. The van der Waals surface area contributed by atoms with E-state index in [0.717, 1.165) is 13.1 Å². The molecule has 2 rings (SSSR count). The van der Waals surface area contributed by atoms with Crippen molar-refractivity contribution in [2.75, 3.05) is 18.0 Å². The topological polar surface area (TPSA) is 49.8 Å². The first-order chi connectivity index (χ1) is 9.98. The lowest BCUT2D eigenvalue weighted by Gasteiger charge is -2.54. The zero-order chi connectivity index (χ0) is 17.0. The summed E-state index contributed by atoms with van der Waals surface area (Å²) in [6.07, 6.45) is 0. The molecule has 0 aliphatic carbocycles. The van der Waals surface area contributed by atoms with Crippen LogP contribution in [-0.4, -0.2) is 43.6 Å². The summed E-state index contributed by atoms with van der Waals surface area (Å²) in [5.41, 5.74) is 0.905. The van der Waals surface area contributed by atoms with Crippen LogP contribution in [0, 0.1) is 0 Å². The van der Waals surface area contributed by atoms with E-state index >= 15 is 0 Å². The largest absolute Gasteiger partial charge is 0.462 e. The summed E-state index contributed by atoms with van der Waals surface area (Å²) in [7, 11) is -1.46. The summed E-state index contributed by atoms with van der Waals surface area (Å²) >= 11 is 0. The molecule has 0 unspecified atom stereocenters. The van der Waals surface area contributed by atoms with Gasteiger partial charge in [-0.25, -0.2) is 0 Å². The molecule has 0 saturated carbocycles. The fourth-order valence-corrected chi connectivity index (χ4v) is 3.36. The summed E-state index contributed by atoms with van der Waals surface area (Å²) < 4.78 is 4.55. The quantitative estimate of drug-likeness (QED) is 0.686. The molecule has 0 aromatic heterocycles.